The van der Waals surface area contributed by atoms with E-state index in [4.69, 9.17) is 14.2 Å². The van der Waals surface area contributed by atoms with Crippen LogP contribution in [0.2, 0.25) is 0 Å². The third-order valence-electron chi connectivity index (χ3n) is 5.03. The molecular weight excluding hydrogens is 344 g/mol. The third-order valence-corrected chi connectivity index (χ3v) is 5.03. The second-order valence-electron chi connectivity index (χ2n) is 8.44. The molecule has 1 aliphatic rings. The lowest BCUT2D eigenvalue weighted by Crippen LogP contribution is -2.54. The van der Waals surface area contributed by atoms with Crippen molar-refractivity contribution in [3.05, 3.63) is 17.7 Å². The van der Waals surface area contributed by atoms with Crippen LogP contribution in [0.1, 0.15) is 32.8 Å². The summed E-state index contributed by atoms with van der Waals surface area (Å²) < 4.78 is 16.5. The summed E-state index contributed by atoms with van der Waals surface area (Å²) >= 11 is 0. The molecule has 27 heavy (non-hydrogen) atoms. The van der Waals surface area contributed by atoms with Gasteiger partial charge in [-0.1, -0.05) is 20.8 Å². The average molecular weight is 381 g/mol. The predicted molar refractivity (Wildman–Crippen MR) is 108 cm³/mol. The van der Waals surface area contributed by atoms with Crippen molar-refractivity contribution in [2.45, 2.75) is 39.8 Å². The number of benzene rings is 1. The molecule has 0 amide bonds. The Morgan fingerprint density at radius 2 is 1.67 bits per heavy atom. The molecule has 1 fully saturated rings. The highest BCUT2D eigenvalue weighted by Gasteiger charge is 2.30. The fourth-order valence-electron chi connectivity index (χ4n) is 3.80. The van der Waals surface area contributed by atoms with Gasteiger partial charge >= 0.3 is 0 Å². The largest absolute Gasteiger partial charge is 0.496 e. The maximum atomic E-state index is 9.53. The molecule has 6 heteroatoms. The Balaban J connectivity index is 2.16. The number of hydrogen-bond acceptors (Lipinski definition) is 6. The number of aliphatic hydroxyl groups is 1. The van der Waals surface area contributed by atoms with E-state index < -0.39 is 0 Å². The van der Waals surface area contributed by atoms with Crippen LogP contribution in [-0.4, -0.2) is 75.1 Å². The van der Waals surface area contributed by atoms with Gasteiger partial charge in [0.15, 0.2) is 0 Å². The highest BCUT2D eigenvalue weighted by atomic mass is 16.5. The normalized spacial score (nSPS) is 19.1. The summed E-state index contributed by atoms with van der Waals surface area (Å²) in [6, 6.07) is 4.16. The zero-order valence-corrected chi connectivity index (χ0v) is 17.7. The molecule has 0 aliphatic carbocycles. The van der Waals surface area contributed by atoms with Crippen molar-refractivity contribution in [1.29, 1.82) is 0 Å². The molecule has 1 saturated heterocycles. The van der Waals surface area contributed by atoms with Crippen LogP contribution in [0.25, 0.3) is 0 Å². The van der Waals surface area contributed by atoms with Crippen LogP contribution in [0.15, 0.2) is 12.1 Å². The molecular formula is C21H36N2O4. The zero-order chi connectivity index (χ0) is 20.0. The van der Waals surface area contributed by atoms with Crippen molar-refractivity contribution >= 4 is 0 Å². The lowest BCUT2D eigenvalue weighted by atomic mass is 9.94. The Labute approximate surface area is 164 Å². The summed E-state index contributed by atoms with van der Waals surface area (Å²) in [4.78, 5) is 4.95. The Kier molecular flexibility index (Phi) is 7.77. The first-order valence-electron chi connectivity index (χ1n) is 9.67. The molecule has 1 aromatic carbocycles. The van der Waals surface area contributed by atoms with Gasteiger partial charge in [-0.2, -0.15) is 0 Å². The standard InChI is InChI=1S/C21H36N2O4/c1-21(2,3)15-23-9-8-22(13-16(23)7-10-24)14-18-19(26-5)11-17(25-4)12-20(18)27-6/h11-12,16,24H,7-10,13-15H2,1-6H3. The molecule has 1 unspecified atom stereocenters. The molecule has 154 valence electrons. The number of ether oxygens (including phenoxy) is 3. The summed E-state index contributed by atoms with van der Waals surface area (Å²) in [5, 5.41) is 9.53. The number of nitrogens with zero attached hydrogens (tertiary/aromatic N) is 2. The molecule has 2 rings (SSSR count). The van der Waals surface area contributed by atoms with Gasteiger partial charge in [0.1, 0.15) is 17.2 Å². The molecule has 0 radical (unpaired) electrons. The summed E-state index contributed by atoms with van der Waals surface area (Å²) in [6.45, 7) is 11.7. The molecule has 0 saturated carbocycles. The van der Waals surface area contributed by atoms with Crippen molar-refractivity contribution in [2.24, 2.45) is 5.41 Å². The van der Waals surface area contributed by atoms with Gasteiger partial charge in [0, 0.05) is 57.5 Å². The quantitative estimate of drug-likeness (QED) is 0.748. The fraction of sp³-hybridized carbons (Fsp3) is 0.714. The number of piperazine rings is 1. The number of aliphatic hydroxyl groups excluding tert-OH is 1. The Bertz CT molecular complexity index is 575. The van der Waals surface area contributed by atoms with Crippen LogP contribution in [0, 0.1) is 5.41 Å². The number of methoxy groups -OCH3 is 3. The van der Waals surface area contributed by atoms with Crippen molar-refractivity contribution < 1.29 is 19.3 Å². The molecule has 0 bridgehead atoms. The van der Waals surface area contributed by atoms with E-state index in [1.807, 2.05) is 12.1 Å². The molecule has 0 aromatic heterocycles. The third kappa shape index (κ3) is 5.99. The van der Waals surface area contributed by atoms with Crippen LogP contribution < -0.4 is 14.2 Å². The average Bonchev–Trinajstić information content (AvgIpc) is 2.63. The second kappa shape index (κ2) is 9.62. The topological polar surface area (TPSA) is 54.4 Å². The van der Waals surface area contributed by atoms with Crippen molar-refractivity contribution in [1.82, 2.24) is 9.80 Å². The predicted octanol–water partition coefficient (Wildman–Crippen LogP) is 2.63. The van der Waals surface area contributed by atoms with Crippen molar-refractivity contribution in [3.8, 4) is 17.2 Å². The van der Waals surface area contributed by atoms with Gasteiger partial charge in [-0.3, -0.25) is 9.80 Å². The van der Waals surface area contributed by atoms with Crippen LogP contribution in [0.3, 0.4) is 0 Å². The molecule has 1 aromatic rings. The SMILES string of the molecule is COc1cc(OC)c(CN2CCN(CC(C)(C)C)C(CCO)C2)c(OC)c1. The monoisotopic (exact) mass is 380 g/mol. The fourth-order valence-corrected chi connectivity index (χ4v) is 3.80. The van der Waals surface area contributed by atoms with Crippen LogP contribution >= 0.6 is 0 Å². The van der Waals surface area contributed by atoms with Gasteiger partial charge < -0.3 is 19.3 Å². The molecule has 0 spiro atoms. The summed E-state index contributed by atoms with van der Waals surface area (Å²) in [7, 11) is 4.99. The van der Waals surface area contributed by atoms with Gasteiger partial charge in [-0.05, 0) is 11.8 Å². The Hall–Kier alpha value is -1.50. The second-order valence-corrected chi connectivity index (χ2v) is 8.44. The van der Waals surface area contributed by atoms with E-state index in [9.17, 15) is 5.11 Å². The van der Waals surface area contributed by atoms with Gasteiger partial charge in [0.05, 0.1) is 26.9 Å². The highest BCUT2D eigenvalue weighted by molar-refractivity contribution is 5.50. The van der Waals surface area contributed by atoms with E-state index in [-0.39, 0.29) is 12.0 Å². The minimum absolute atomic E-state index is 0.217. The van der Waals surface area contributed by atoms with E-state index >= 15 is 0 Å². The summed E-state index contributed by atoms with van der Waals surface area (Å²) in [6.07, 6.45) is 0.795. The van der Waals surface area contributed by atoms with Crippen LogP contribution in [0.5, 0.6) is 17.2 Å². The van der Waals surface area contributed by atoms with Crippen molar-refractivity contribution in [3.63, 3.8) is 0 Å². The summed E-state index contributed by atoms with van der Waals surface area (Å²) in [5.74, 6) is 2.28. The van der Waals surface area contributed by atoms with E-state index in [2.05, 4.69) is 30.6 Å². The molecule has 1 aliphatic heterocycles. The molecule has 1 N–H and O–H groups in total. The minimum atomic E-state index is 0.217. The van der Waals surface area contributed by atoms with Crippen molar-refractivity contribution in [2.75, 3.05) is 54.1 Å². The Morgan fingerprint density at radius 3 is 2.15 bits per heavy atom. The van der Waals surface area contributed by atoms with E-state index in [1.165, 1.54) is 0 Å². The first-order valence-corrected chi connectivity index (χ1v) is 9.67. The molecule has 6 nitrogen and oxygen atoms in total. The van der Waals surface area contributed by atoms with Crippen LogP contribution in [-0.2, 0) is 6.54 Å². The van der Waals surface area contributed by atoms with Gasteiger partial charge in [-0.15, -0.1) is 0 Å². The maximum Gasteiger partial charge on any atom is 0.130 e. The number of hydrogen-bond donors (Lipinski definition) is 1. The van der Waals surface area contributed by atoms with Gasteiger partial charge in [0.2, 0.25) is 0 Å². The lowest BCUT2D eigenvalue weighted by molar-refractivity contribution is 0.0334. The first kappa shape index (κ1) is 21.8. The lowest BCUT2D eigenvalue weighted by Gasteiger charge is -2.44. The highest BCUT2D eigenvalue weighted by Crippen LogP contribution is 2.35. The van der Waals surface area contributed by atoms with E-state index in [0.29, 0.717) is 6.04 Å². The first-order chi connectivity index (χ1) is 12.8. The van der Waals surface area contributed by atoms with Gasteiger partial charge in [0.25, 0.3) is 0 Å². The summed E-state index contributed by atoms with van der Waals surface area (Å²) in [5.41, 5.74) is 1.28. The maximum absolute atomic E-state index is 9.53. The van der Waals surface area contributed by atoms with Gasteiger partial charge in [-0.25, -0.2) is 0 Å². The molecule has 1 heterocycles. The number of rotatable bonds is 8. The zero-order valence-electron chi connectivity index (χ0n) is 17.7. The Morgan fingerprint density at radius 1 is 1.04 bits per heavy atom. The van der Waals surface area contributed by atoms with Crippen LogP contribution in [0.4, 0.5) is 0 Å². The van der Waals surface area contributed by atoms with E-state index in [1.54, 1.807) is 21.3 Å². The smallest absolute Gasteiger partial charge is 0.130 e. The molecule has 1 atom stereocenters. The minimum Gasteiger partial charge on any atom is -0.496 e. The van der Waals surface area contributed by atoms with E-state index in [0.717, 1.165) is 62.0 Å².